The second-order valence-electron chi connectivity index (χ2n) is 4.28. The lowest BCUT2D eigenvalue weighted by atomic mass is 10.4. The molecule has 0 bridgehead atoms. The molecule has 100 valence electrons. The van der Waals surface area contributed by atoms with E-state index in [4.69, 9.17) is 9.84 Å². The first kappa shape index (κ1) is 14.3. The molecule has 1 rings (SSSR count). The van der Waals surface area contributed by atoms with Crippen LogP contribution in [0.25, 0.3) is 0 Å². The fraction of sp³-hybridized carbons (Fsp3) is 0.917. The molecule has 0 amide bonds. The van der Waals surface area contributed by atoms with Gasteiger partial charge in [0.25, 0.3) is 0 Å². The fourth-order valence-corrected chi connectivity index (χ4v) is 1.41. The SMILES string of the molecule is CCNC(=NCCCOCC1CC1)NCCO. The number of aliphatic hydroxyl groups is 1. The summed E-state index contributed by atoms with van der Waals surface area (Å²) >= 11 is 0. The third kappa shape index (κ3) is 7.99. The van der Waals surface area contributed by atoms with Crippen molar-refractivity contribution in [2.24, 2.45) is 10.9 Å². The Morgan fingerprint density at radius 2 is 2.24 bits per heavy atom. The van der Waals surface area contributed by atoms with Gasteiger partial charge in [-0.05, 0) is 32.1 Å². The van der Waals surface area contributed by atoms with Crippen molar-refractivity contribution in [1.29, 1.82) is 0 Å². The molecule has 0 aromatic rings. The van der Waals surface area contributed by atoms with Gasteiger partial charge in [-0.25, -0.2) is 0 Å². The molecule has 1 fully saturated rings. The predicted molar refractivity (Wildman–Crippen MR) is 69.2 cm³/mol. The van der Waals surface area contributed by atoms with E-state index in [-0.39, 0.29) is 6.61 Å². The summed E-state index contributed by atoms with van der Waals surface area (Å²) in [4.78, 5) is 4.39. The van der Waals surface area contributed by atoms with Crippen molar-refractivity contribution >= 4 is 5.96 Å². The first-order valence-corrected chi connectivity index (χ1v) is 6.57. The second kappa shape index (κ2) is 9.24. The normalized spacial score (nSPS) is 16.0. The zero-order valence-electron chi connectivity index (χ0n) is 10.7. The Balaban J connectivity index is 2.00. The number of hydrogen-bond donors (Lipinski definition) is 3. The standard InChI is InChI=1S/C12H25N3O2/c1-2-13-12(15-7-8-16)14-6-3-9-17-10-11-4-5-11/h11,16H,2-10H2,1H3,(H2,13,14,15). The van der Waals surface area contributed by atoms with Crippen molar-refractivity contribution in [2.75, 3.05) is 39.5 Å². The summed E-state index contributed by atoms with van der Waals surface area (Å²) in [5.74, 6) is 1.60. The van der Waals surface area contributed by atoms with Gasteiger partial charge in [0.1, 0.15) is 0 Å². The molecule has 0 atom stereocenters. The number of nitrogens with one attached hydrogen (secondary N) is 2. The van der Waals surface area contributed by atoms with Crippen LogP contribution < -0.4 is 10.6 Å². The van der Waals surface area contributed by atoms with Gasteiger partial charge in [-0.1, -0.05) is 0 Å². The van der Waals surface area contributed by atoms with Crippen LogP contribution in [0.15, 0.2) is 4.99 Å². The summed E-state index contributed by atoms with van der Waals surface area (Å²) in [5, 5.41) is 14.9. The zero-order chi connectivity index (χ0) is 12.3. The number of rotatable bonds is 9. The molecule has 1 saturated carbocycles. The Morgan fingerprint density at radius 1 is 1.41 bits per heavy atom. The molecule has 1 aliphatic carbocycles. The smallest absolute Gasteiger partial charge is 0.191 e. The van der Waals surface area contributed by atoms with Gasteiger partial charge < -0.3 is 20.5 Å². The van der Waals surface area contributed by atoms with Gasteiger partial charge in [-0.15, -0.1) is 0 Å². The highest BCUT2D eigenvalue weighted by Crippen LogP contribution is 2.28. The minimum absolute atomic E-state index is 0.120. The van der Waals surface area contributed by atoms with Crippen LogP contribution in [0, 0.1) is 5.92 Å². The summed E-state index contributed by atoms with van der Waals surface area (Å²) in [7, 11) is 0. The van der Waals surface area contributed by atoms with Crippen molar-refractivity contribution < 1.29 is 9.84 Å². The number of guanidine groups is 1. The maximum Gasteiger partial charge on any atom is 0.191 e. The fourth-order valence-electron chi connectivity index (χ4n) is 1.41. The van der Waals surface area contributed by atoms with Gasteiger partial charge in [0.05, 0.1) is 6.61 Å². The number of nitrogens with zero attached hydrogens (tertiary/aromatic N) is 1. The molecular formula is C12H25N3O2. The Bertz CT molecular complexity index is 218. The second-order valence-corrected chi connectivity index (χ2v) is 4.28. The molecule has 1 aliphatic rings. The Kier molecular flexibility index (Phi) is 7.75. The summed E-state index contributed by atoms with van der Waals surface area (Å²) in [5.41, 5.74) is 0. The van der Waals surface area contributed by atoms with Gasteiger partial charge in [0, 0.05) is 32.8 Å². The van der Waals surface area contributed by atoms with Crippen molar-refractivity contribution in [3.05, 3.63) is 0 Å². The quantitative estimate of drug-likeness (QED) is 0.311. The maximum atomic E-state index is 8.72. The van der Waals surface area contributed by atoms with Crippen LogP contribution in [0.2, 0.25) is 0 Å². The van der Waals surface area contributed by atoms with Crippen LogP contribution in [-0.4, -0.2) is 50.5 Å². The van der Waals surface area contributed by atoms with Crippen LogP contribution >= 0.6 is 0 Å². The van der Waals surface area contributed by atoms with Crippen LogP contribution in [0.5, 0.6) is 0 Å². The third-order valence-corrected chi connectivity index (χ3v) is 2.52. The van der Waals surface area contributed by atoms with Crippen LogP contribution in [-0.2, 0) is 4.74 Å². The maximum absolute atomic E-state index is 8.72. The third-order valence-electron chi connectivity index (χ3n) is 2.52. The van der Waals surface area contributed by atoms with Gasteiger partial charge in [-0.3, -0.25) is 4.99 Å². The van der Waals surface area contributed by atoms with E-state index in [1.165, 1.54) is 12.8 Å². The van der Waals surface area contributed by atoms with Crippen LogP contribution in [0.3, 0.4) is 0 Å². The molecule has 0 heterocycles. The van der Waals surface area contributed by atoms with Crippen molar-refractivity contribution in [1.82, 2.24) is 10.6 Å². The molecule has 5 nitrogen and oxygen atoms in total. The van der Waals surface area contributed by atoms with E-state index in [1.54, 1.807) is 0 Å². The van der Waals surface area contributed by atoms with Crippen LogP contribution in [0.4, 0.5) is 0 Å². The van der Waals surface area contributed by atoms with Gasteiger partial charge in [0.15, 0.2) is 5.96 Å². The molecule has 0 unspecified atom stereocenters. The summed E-state index contributed by atoms with van der Waals surface area (Å²) in [6, 6.07) is 0. The van der Waals surface area contributed by atoms with E-state index in [9.17, 15) is 0 Å². The summed E-state index contributed by atoms with van der Waals surface area (Å²) < 4.78 is 5.53. The van der Waals surface area contributed by atoms with Crippen molar-refractivity contribution in [3.63, 3.8) is 0 Å². The molecule has 5 heteroatoms. The first-order valence-electron chi connectivity index (χ1n) is 6.57. The van der Waals surface area contributed by atoms with E-state index >= 15 is 0 Å². The lowest BCUT2D eigenvalue weighted by Gasteiger charge is -2.09. The Morgan fingerprint density at radius 3 is 2.88 bits per heavy atom. The van der Waals surface area contributed by atoms with Gasteiger partial charge >= 0.3 is 0 Å². The topological polar surface area (TPSA) is 65.9 Å². The minimum Gasteiger partial charge on any atom is -0.395 e. The van der Waals surface area contributed by atoms with Crippen molar-refractivity contribution in [2.45, 2.75) is 26.2 Å². The van der Waals surface area contributed by atoms with Crippen LogP contribution in [0.1, 0.15) is 26.2 Å². The molecule has 0 spiro atoms. The molecule has 0 saturated heterocycles. The average molecular weight is 243 g/mol. The summed E-state index contributed by atoms with van der Waals surface area (Å²) in [6.07, 6.45) is 3.63. The van der Waals surface area contributed by atoms with E-state index in [0.29, 0.717) is 6.54 Å². The lowest BCUT2D eigenvalue weighted by molar-refractivity contribution is 0.123. The molecule has 0 aromatic carbocycles. The number of hydrogen-bond acceptors (Lipinski definition) is 3. The largest absolute Gasteiger partial charge is 0.395 e. The molecule has 0 radical (unpaired) electrons. The molecule has 3 N–H and O–H groups in total. The first-order chi connectivity index (χ1) is 8.36. The Labute approximate surface area is 104 Å². The highest BCUT2D eigenvalue weighted by Gasteiger charge is 2.20. The molecule has 0 aromatic heterocycles. The molecule has 0 aliphatic heterocycles. The van der Waals surface area contributed by atoms with E-state index < -0.39 is 0 Å². The predicted octanol–water partition coefficient (Wildman–Crippen LogP) is 0.351. The zero-order valence-corrected chi connectivity index (χ0v) is 10.7. The average Bonchev–Trinajstić information content (AvgIpc) is 3.14. The minimum atomic E-state index is 0.120. The highest BCUT2D eigenvalue weighted by molar-refractivity contribution is 5.79. The Hall–Kier alpha value is -0.810. The van der Waals surface area contributed by atoms with Gasteiger partial charge in [0.2, 0.25) is 0 Å². The van der Waals surface area contributed by atoms with Crippen molar-refractivity contribution in [3.8, 4) is 0 Å². The van der Waals surface area contributed by atoms with E-state index in [1.807, 2.05) is 6.92 Å². The number of aliphatic hydroxyl groups excluding tert-OH is 1. The number of aliphatic imine (C=N–C) groups is 1. The van der Waals surface area contributed by atoms with E-state index in [2.05, 4.69) is 15.6 Å². The monoisotopic (exact) mass is 243 g/mol. The highest BCUT2D eigenvalue weighted by atomic mass is 16.5. The molecule has 17 heavy (non-hydrogen) atoms. The van der Waals surface area contributed by atoms with Gasteiger partial charge in [-0.2, -0.15) is 0 Å². The lowest BCUT2D eigenvalue weighted by Crippen LogP contribution is -2.38. The number of ether oxygens (including phenoxy) is 1. The summed E-state index contributed by atoms with van der Waals surface area (Å²) in [6.45, 7) is 5.97. The molecular weight excluding hydrogens is 218 g/mol. The van der Waals surface area contributed by atoms with E-state index in [0.717, 1.165) is 44.6 Å².